The summed E-state index contributed by atoms with van der Waals surface area (Å²) >= 11 is 0. The highest BCUT2D eigenvalue weighted by Gasteiger charge is 2.30. The number of rotatable bonds is 6. The van der Waals surface area contributed by atoms with E-state index in [2.05, 4.69) is 15.0 Å². The van der Waals surface area contributed by atoms with Crippen LogP contribution in [0.3, 0.4) is 0 Å². The summed E-state index contributed by atoms with van der Waals surface area (Å²) in [5.74, 6) is 1.45. The van der Waals surface area contributed by atoms with E-state index in [1.807, 2.05) is 18.2 Å². The van der Waals surface area contributed by atoms with E-state index in [0.717, 1.165) is 0 Å². The standard InChI is InChI=1S/C23H19N3O6S/c1-2-33(28,29)15-8-6-14(7-9-15)31-20-12-19-18(11-16(20)21-13-30-23(27)32-21)25-22(26-19)17-5-3-4-10-24-17/h3-12,21H,2,13H2,1H3,(H,25,26). The molecule has 1 saturated heterocycles. The van der Waals surface area contributed by atoms with Crippen molar-refractivity contribution in [3.05, 3.63) is 66.4 Å². The lowest BCUT2D eigenvalue weighted by molar-refractivity contribution is 0.118. The Kier molecular flexibility index (Phi) is 5.21. The van der Waals surface area contributed by atoms with Crippen molar-refractivity contribution in [2.75, 3.05) is 12.4 Å². The van der Waals surface area contributed by atoms with Crippen molar-refractivity contribution in [1.29, 1.82) is 0 Å². The van der Waals surface area contributed by atoms with Gasteiger partial charge in [-0.15, -0.1) is 0 Å². The first-order chi connectivity index (χ1) is 15.9. The molecule has 1 unspecified atom stereocenters. The molecule has 10 heteroatoms. The summed E-state index contributed by atoms with van der Waals surface area (Å²) in [7, 11) is -3.32. The highest BCUT2D eigenvalue weighted by molar-refractivity contribution is 7.91. The molecule has 4 aromatic rings. The minimum absolute atomic E-state index is 0.0134. The zero-order chi connectivity index (χ0) is 23.0. The van der Waals surface area contributed by atoms with Crippen LogP contribution in [0.25, 0.3) is 22.6 Å². The molecule has 1 atom stereocenters. The maximum absolute atomic E-state index is 12.1. The molecule has 1 fully saturated rings. The predicted octanol–water partition coefficient (Wildman–Crippen LogP) is 4.42. The highest BCUT2D eigenvalue weighted by Crippen LogP contribution is 2.37. The predicted molar refractivity (Wildman–Crippen MR) is 119 cm³/mol. The number of pyridine rings is 1. The number of benzene rings is 2. The average molecular weight is 465 g/mol. The molecule has 0 amide bonds. The number of cyclic esters (lactones) is 2. The van der Waals surface area contributed by atoms with Gasteiger partial charge in [-0.05, 0) is 42.5 Å². The van der Waals surface area contributed by atoms with Crippen LogP contribution in [0, 0.1) is 0 Å². The molecule has 1 aliphatic rings. The maximum Gasteiger partial charge on any atom is 0.509 e. The van der Waals surface area contributed by atoms with Crippen LogP contribution in [0.2, 0.25) is 0 Å². The molecule has 33 heavy (non-hydrogen) atoms. The van der Waals surface area contributed by atoms with Crippen molar-refractivity contribution in [2.45, 2.75) is 17.9 Å². The molecule has 0 saturated carbocycles. The lowest BCUT2D eigenvalue weighted by atomic mass is 10.1. The third kappa shape index (κ3) is 4.12. The number of aromatic nitrogens is 3. The van der Waals surface area contributed by atoms with Crippen LogP contribution in [0.5, 0.6) is 11.5 Å². The van der Waals surface area contributed by atoms with Gasteiger partial charge in [-0.2, -0.15) is 0 Å². The van der Waals surface area contributed by atoms with Crippen LogP contribution in [0.4, 0.5) is 4.79 Å². The summed E-state index contributed by atoms with van der Waals surface area (Å²) < 4.78 is 40.5. The number of nitrogens with zero attached hydrogens (tertiary/aromatic N) is 2. The van der Waals surface area contributed by atoms with Crippen molar-refractivity contribution in [2.24, 2.45) is 0 Å². The molecule has 9 nitrogen and oxygen atoms in total. The molecule has 1 N–H and O–H groups in total. The van der Waals surface area contributed by atoms with Crippen molar-refractivity contribution in [3.8, 4) is 23.0 Å². The molecule has 0 aliphatic carbocycles. The molecule has 2 aromatic carbocycles. The summed E-state index contributed by atoms with van der Waals surface area (Å²) in [6, 6.07) is 15.2. The van der Waals surface area contributed by atoms with Crippen LogP contribution < -0.4 is 4.74 Å². The first-order valence-corrected chi connectivity index (χ1v) is 11.9. The van der Waals surface area contributed by atoms with Gasteiger partial charge in [-0.25, -0.2) is 18.2 Å². The molecule has 0 bridgehead atoms. The van der Waals surface area contributed by atoms with Gasteiger partial charge in [-0.1, -0.05) is 13.0 Å². The van der Waals surface area contributed by atoms with Crippen LogP contribution in [-0.2, 0) is 19.3 Å². The number of fused-ring (bicyclic) bond motifs is 1. The van der Waals surface area contributed by atoms with Gasteiger partial charge in [0.25, 0.3) is 0 Å². The van der Waals surface area contributed by atoms with Gasteiger partial charge in [0.05, 0.1) is 21.7 Å². The van der Waals surface area contributed by atoms with Gasteiger partial charge in [0.2, 0.25) is 0 Å². The van der Waals surface area contributed by atoms with Crippen LogP contribution >= 0.6 is 0 Å². The summed E-state index contributed by atoms with van der Waals surface area (Å²) in [4.78, 5) is 23.9. The van der Waals surface area contributed by atoms with Crippen molar-refractivity contribution >= 4 is 27.0 Å². The number of sulfone groups is 1. The average Bonchev–Trinajstić information content (AvgIpc) is 3.45. The number of hydrogen-bond acceptors (Lipinski definition) is 8. The smallest absolute Gasteiger partial charge is 0.457 e. The molecule has 3 heterocycles. The Bertz CT molecular complexity index is 1430. The lowest BCUT2D eigenvalue weighted by Crippen LogP contribution is -2.04. The van der Waals surface area contributed by atoms with E-state index in [1.165, 1.54) is 12.1 Å². The molecule has 0 radical (unpaired) electrons. The van der Waals surface area contributed by atoms with Crippen LogP contribution in [0.15, 0.2) is 65.7 Å². The van der Waals surface area contributed by atoms with Gasteiger partial charge < -0.3 is 19.2 Å². The Hall–Kier alpha value is -3.92. The summed E-state index contributed by atoms with van der Waals surface area (Å²) in [6.45, 7) is 1.64. The topological polar surface area (TPSA) is 120 Å². The zero-order valence-corrected chi connectivity index (χ0v) is 18.3. The molecular formula is C23H19N3O6S. The molecule has 168 valence electrons. The first kappa shape index (κ1) is 21.0. The normalized spacial score (nSPS) is 15.9. The monoisotopic (exact) mass is 465 g/mol. The molecule has 2 aromatic heterocycles. The van der Waals surface area contributed by atoms with Gasteiger partial charge in [0.15, 0.2) is 21.8 Å². The van der Waals surface area contributed by atoms with Crippen LogP contribution in [0.1, 0.15) is 18.6 Å². The second kappa shape index (κ2) is 8.21. The fourth-order valence-electron chi connectivity index (χ4n) is 3.51. The quantitative estimate of drug-likeness (QED) is 0.416. The molecule has 0 spiro atoms. The second-order valence-corrected chi connectivity index (χ2v) is 9.63. The Morgan fingerprint density at radius 3 is 2.64 bits per heavy atom. The number of H-pyrrole nitrogens is 1. The van der Waals surface area contributed by atoms with Crippen molar-refractivity contribution in [3.63, 3.8) is 0 Å². The maximum atomic E-state index is 12.1. The van der Waals surface area contributed by atoms with Gasteiger partial charge in [0.1, 0.15) is 23.8 Å². The van der Waals surface area contributed by atoms with E-state index in [9.17, 15) is 13.2 Å². The van der Waals surface area contributed by atoms with Gasteiger partial charge >= 0.3 is 6.16 Å². The minimum atomic E-state index is -3.32. The Labute approximate surface area is 189 Å². The number of aromatic amines is 1. The summed E-state index contributed by atoms with van der Waals surface area (Å²) in [6.07, 6.45) is 0.267. The van der Waals surface area contributed by atoms with E-state index < -0.39 is 22.1 Å². The Balaban J connectivity index is 1.55. The largest absolute Gasteiger partial charge is 0.509 e. The zero-order valence-electron chi connectivity index (χ0n) is 17.5. The van der Waals surface area contributed by atoms with Crippen LogP contribution in [-0.4, -0.2) is 41.9 Å². The van der Waals surface area contributed by atoms with E-state index in [0.29, 0.717) is 39.6 Å². The number of nitrogens with one attached hydrogen (secondary N) is 1. The molecule has 1 aliphatic heterocycles. The lowest BCUT2D eigenvalue weighted by Gasteiger charge is -2.14. The minimum Gasteiger partial charge on any atom is -0.457 e. The SMILES string of the molecule is CCS(=O)(=O)c1ccc(Oc2cc3[nH]c(-c4ccccn4)nc3cc2C2COC(=O)O2)cc1. The van der Waals surface area contributed by atoms with Gasteiger partial charge in [0, 0.05) is 17.8 Å². The van der Waals surface area contributed by atoms with Gasteiger partial charge in [-0.3, -0.25) is 4.98 Å². The molecule has 5 rings (SSSR count). The number of hydrogen-bond donors (Lipinski definition) is 1. The number of carbonyl (C=O) groups is 1. The van der Waals surface area contributed by atoms with E-state index in [1.54, 1.807) is 37.4 Å². The fourth-order valence-corrected chi connectivity index (χ4v) is 4.39. The number of imidazole rings is 1. The fraction of sp³-hybridized carbons (Fsp3) is 0.174. The third-order valence-electron chi connectivity index (χ3n) is 5.25. The van der Waals surface area contributed by atoms with Crippen molar-refractivity contribution < 1.29 is 27.4 Å². The second-order valence-electron chi connectivity index (χ2n) is 7.35. The number of ether oxygens (including phenoxy) is 3. The van der Waals surface area contributed by atoms with E-state index in [4.69, 9.17) is 14.2 Å². The first-order valence-electron chi connectivity index (χ1n) is 10.2. The van der Waals surface area contributed by atoms with E-state index in [-0.39, 0.29) is 17.3 Å². The summed E-state index contributed by atoms with van der Waals surface area (Å²) in [5, 5.41) is 0. The van der Waals surface area contributed by atoms with Crippen molar-refractivity contribution in [1.82, 2.24) is 15.0 Å². The van der Waals surface area contributed by atoms with E-state index >= 15 is 0 Å². The third-order valence-corrected chi connectivity index (χ3v) is 7.00. The Morgan fingerprint density at radius 1 is 1.15 bits per heavy atom. The summed E-state index contributed by atoms with van der Waals surface area (Å²) in [5.41, 5.74) is 2.61. The highest BCUT2D eigenvalue weighted by atomic mass is 32.2. The number of carbonyl (C=O) groups excluding carboxylic acids is 1. The Morgan fingerprint density at radius 2 is 1.97 bits per heavy atom. The molecular weight excluding hydrogens is 446 g/mol.